The van der Waals surface area contributed by atoms with Crippen molar-refractivity contribution >= 4 is 21.4 Å². The Labute approximate surface area is 115 Å². The van der Waals surface area contributed by atoms with Gasteiger partial charge in [0.2, 0.25) is 10.0 Å². The van der Waals surface area contributed by atoms with Gasteiger partial charge in [-0.25, -0.2) is 18.1 Å². The fourth-order valence-corrected chi connectivity index (χ4v) is 3.73. The monoisotopic (exact) mass is 301 g/mol. The highest BCUT2D eigenvalue weighted by Crippen LogP contribution is 2.18. The Bertz CT molecular complexity index is 606. The van der Waals surface area contributed by atoms with Crippen LogP contribution < -0.4 is 10.5 Å². The van der Waals surface area contributed by atoms with Gasteiger partial charge in [0.05, 0.1) is 4.90 Å². The molecule has 0 aliphatic carbocycles. The van der Waals surface area contributed by atoms with E-state index in [9.17, 15) is 8.42 Å². The highest BCUT2D eigenvalue weighted by Gasteiger charge is 2.15. The maximum atomic E-state index is 11.9. The Morgan fingerprint density at radius 1 is 1.47 bits per heavy atom. The second-order valence-corrected chi connectivity index (χ2v) is 6.65. The summed E-state index contributed by atoms with van der Waals surface area (Å²) in [6.07, 6.45) is 2.74. The second-order valence-electron chi connectivity index (χ2n) is 3.89. The summed E-state index contributed by atoms with van der Waals surface area (Å²) in [5, 5.41) is 8.05. The molecule has 0 radical (unpaired) electrons. The van der Waals surface area contributed by atoms with Gasteiger partial charge < -0.3 is 5.73 Å². The molecule has 0 aromatic carbocycles. The number of hydrogen-bond acceptors (Lipinski definition) is 6. The fraction of sp³-hybridized carbons (Fsp3) is 0.400. The molecule has 2 heterocycles. The van der Waals surface area contributed by atoms with E-state index in [1.807, 2.05) is 0 Å². The van der Waals surface area contributed by atoms with Crippen molar-refractivity contribution < 1.29 is 8.42 Å². The lowest BCUT2D eigenvalue weighted by molar-refractivity contribution is 0.578. The van der Waals surface area contributed by atoms with Gasteiger partial charge in [-0.2, -0.15) is 5.10 Å². The summed E-state index contributed by atoms with van der Waals surface area (Å²) in [5.41, 5.74) is 5.46. The Kier molecular flexibility index (Phi) is 4.64. The van der Waals surface area contributed by atoms with Gasteiger partial charge in [0.15, 0.2) is 0 Å². The van der Waals surface area contributed by atoms with Gasteiger partial charge in [-0.05, 0) is 12.5 Å². The minimum absolute atomic E-state index is 0.276. The number of nitrogens with one attached hydrogen (secondary N) is 2. The van der Waals surface area contributed by atoms with Crippen molar-refractivity contribution in [3.05, 3.63) is 28.5 Å². The van der Waals surface area contributed by atoms with Gasteiger partial charge in [-0.1, -0.05) is 0 Å². The lowest BCUT2D eigenvalue weighted by Gasteiger charge is -2.03. The number of sulfonamides is 1. The third kappa shape index (κ3) is 3.83. The van der Waals surface area contributed by atoms with Gasteiger partial charge in [-0.15, -0.1) is 11.3 Å². The summed E-state index contributed by atoms with van der Waals surface area (Å²) in [6, 6.07) is 1.60. The first-order chi connectivity index (χ1) is 9.12. The van der Waals surface area contributed by atoms with Crippen molar-refractivity contribution in [2.75, 3.05) is 6.54 Å². The van der Waals surface area contributed by atoms with Gasteiger partial charge in [0.25, 0.3) is 0 Å². The van der Waals surface area contributed by atoms with Crippen molar-refractivity contribution in [2.45, 2.75) is 24.3 Å². The van der Waals surface area contributed by atoms with Crippen LogP contribution in [-0.4, -0.2) is 30.1 Å². The summed E-state index contributed by atoms with van der Waals surface area (Å²) in [7, 11) is -3.43. The Hall–Kier alpha value is -1.29. The van der Waals surface area contributed by atoms with Crippen LogP contribution in [0.3, 0.4) is 0 Å². The average molecular weight is 301 g/mol. The summed E-state index contributed by atoms with van der Waals surface area (Å²) in [5.74, 6) is 0.750. The van der Waals surface area contributed by atoms with Gasteiger partial charge in [0, 0.05) is 29.8 Å². The minimum Gasteiger partial charge on any atom is -0.326 e. The summed E-state index contributed by atoms with van der Waals surface area (Å²) >= 11 is 1.35. The first kappa shape index (κ1) is 14.1. The molecule has 7 nitrogen and oxygen atoms in total. The minimum atomic E-state index is -3.43. The molecular formula is C10H15N5O2S2. The molecule has 0 unspecified atom stereocenters. The molecule has 0 saturated carbocycles. The summed E-state index contributed by atoms with van der Waals surface area (Å²) in [4.78, 5) is 5.09. The summed E-state index contributed by atoms with van der Waals surface area (Å²) < 4.78 is 26.4. The molecule has 0 amide bonds. The quantitative estimate of drug-likeness (QED) is 0.634. The highest BCUT2D eigenvalue weighted by atomic mass is 32.2. The van der Waals surface area contributed by atoms with E-state index in [2.05, 4.69) is 19.9 Å². The lowest BCUT2D eigenvalue weighted by Crippen LogP contribution is -2.24. The van der Waals surface area contributed by atoms with Crippen LogP contribution in [0.25, 0.3) is 0 Å². The smallest absolute Gasteiger partial charge is 0.241 e. The number of thiophene rings is 1. The largest absolute Gasteiger partial charge is 0.326 e. The van der Waals surface area contributed by atoms with E-state index in [1.54, 1.807) is 11.4 Å². The van der Waals surface area contributed by atoms with Crippen molar-refractivity contribution in [1.82, 2.24) is 19.9 Å². The van der Waals surface area contributed by atoms with Gasteiger partial charge in [-0.3, -0.25) is 5.10 Å². The van der Waals surface area contributed by atoms with E-state index in [1.165, 1.54) is 17.7 Å². The fourth-order valence-electron chi connectivity index (χ4n) is 1.51. The third-order valence-electron chi connectivity index (χ3n) is 2.49. The molecule has 19 heavy (non-hydrogen) atoms. The van der Waals surface area contributed by atoms with Crippen LogP contribution >= 0.6 is 11.3 Å². The number of rotatable bonds is 7. The molecule has 4 N–H and O–H groups in total. The van der Waals surface area contributed by atoms with E-state index in [-0.39, 0.29) is 4.90 Å². The number of aromatic amines is 1. The Morgan fingerprint density at radius 2 is 2.32 bits per heavy atom. The van der Waals surface area contributed by atoms with Crippen LogP contribution in [0.2, 0.25) is 0 Å². The standard InChI is InChI=1S/C10H15N5O2S2/c11-5-8-4-9(6-18-8)19(16,17)14-3-1-2-10-12-7-13-15-10/h4,6-7,14H,1-3,5,11H2,(H,12,13,15). The highest BCUT2D eigenvalue weighted by molar-refractivity contribution is 7.89. The summed E-state index contributed by atoms with van der Waals surface area (Å²) in [6.45, 7) is 0.711. The van der Waals surface area contributed by atoms with Crippen LogP contribution in [0.15, 0.2) is 22.7 Å². The van der Waals surface area contributed by atoms with Crippen molar-refractivity contribution in [2.24, 2.45) is 5.73 Å². The van der Waals surface area contributed by atoms with Crippen LogP contribution in [0.1, 0.15) is 17.1 Å². The van der Waals surface area contributed by atoms with E-state index >= 15 is 0 Å². The molecule has 0 saturated heterocycles. The number of nitrogens with two attached hydrogens (primary N) is 1. The maximum Gasteiger partial charge on any atom is 0.241 e. The van der Waals surface area contributed by atoms with Crippen LogP contribution in [0, 0.1) is 0 Å². The molecule has 0 aliphatic heterocycles. The number of aromatic nitrogens is 3. The SMILES string of the molecule is NCc1cc(S(=O)(=O)NCCCc2ncn[nH]2)cs1. The molecule has 2 aromatic heterocycles. The van der Waals surface area contributed by atoms with Crippen molar-refractivity contribution in [3.63, 3.8) is 0 Å². The topological polar surface area (TPSA) is 114 Å². The van der Waals surface area contributed by atoms with E-state index in [0.29, 0.717) is 25.9 Å². The van der Waals surface area contributed by atoms with Crippen molar-refractivity contribution in [1.29, 1.82) is 0 Å². The molecule has 0 spiro atoms. The molecule has 0 fully saturated rings. The Balaban J connectivity index is 1.84. The predicted octanol–water partition coefficient (Wildman–Crippen LogP) is 0.236. The molecule has 2 aromatic rings. The lowest BCUT2D eigenvalue weighted by atomic mass is 10.3. The van der Waals surface area contributed by atoms with E-state index in [0.717, 1.165) is 10.7 Å². The Morgan fingerprint density at radius 3 is 2.95 bits per heavy atom. The molecule has 0 atom stereocenters. The molecule has 0 bridgehead atoms. The van der Waals surface area contributed by atoms with Crippen LogP contribution in [0.4, 0.5) is 0 Å². The van der Waals surface area contributed by atoms with Gasteiger partial charge in [0.1, 0.15) is 12.2 Å². The van der Waals surface area contributed by atoms with Gasteiger partial charge >= 0.3 is 0 Å². The zero-order valence-electron chi connectivity index (χ0n) is 10.2. The van der Waals surface area contributed by atoms with E-state index < -0.39 is 10.0 Å². The van der Waals surface area contributed by atoms with Crippen LogP contribution in [0.5, 0.6) is 0 Å². The number of hydrogen-bond donors (Lipinski definition) is 3. The zero-order chi connectivity index (χ0) is 13.7. The van der Waals surface area contributed by atoms with Crippen molar-refractivity contribution in [3.8, 4) is 0 Å². The molecule has 0 aliphatic rings. The molecular weight excluding hydrogens is 286 g/mol. The molecule has 2 rings (SSSR count). The van der Waals surface area contributed by atoms with E-state index in [4.69, 9.17) is 5.73 Å². The molecule has 9 heteroatoms. The predicted molar refractivity (Wildman–Crippen MR) is 72.1 cm³/mol. The zero-order valence-corrected chi connectivity index (χ0v) is 11.8. The number of aryl methyl sites for hydroxylation is 1. The maximum absolute atomic E-state index is 11.9. The average Bonchev–Trinajstić information content (AvgIpc) is 3.05. The number of H-pyrrole nitrogens is 1. The molecule has 104 valence electrons. The first-order valence-electron chi connectivity index (χ1n) is 5.73. The number of nitrogens with zero attached hydrogens (tertiary/aromatic N) is 2. The second kappa shape index (κ2) is 6.24. The normalized spacial score (nSPS) is 11.8. The first-order valence-corrected chi connectivity index (χ1v) is 8.09. The third-order valence-corrected chi connectivity index (χ3v) is 5.04. The van der Waals surface area contributed by atoms with Crippen LogP contribution in [-0.2, 0) is 23.0 Å².